The molecule has 0 atom stereocenters. The number of rotatable bonds is 5. The van der Waals surface area contributed by atoms with Crippen LogP contribution in [-0.4, -0.2) is 13.4 Å². The molecule has 0 saturated carbocycles. The predicted octanol–water partition coefficient (Wildman–Crippen LogP) is 3.43. The van der Waals surface area contributed by atoms with Crippen molar-refractivity contribution in [1.29, 1.82) is 0 Å². The van der Waals surface area contributed by atoms with Crippen LogP contribution in [0.4, 0.5) is 4.39 Å². The van der Waals surface area contributed by atoms with Gasteiger partial charge in [0.1, 0.15) is 10.8 Å². The molecule has 1 aromatic carbocycles. The van der Waals surface area contributed by atoms with E-state index in [1.165, 1.54) is 17.0 Å². The van der Waals surface area contributed by atoms with E-state index in [0.717, 1.165) is 42.5 Å². The standard InChI is InChI=1S/C15H16ClFN2O2S2/c16-11-6-5-10(12(17)7-11)9-23(20,21)18-8-15-19-13-3-1-2-4-14(13)22-15/h5-7,18H,1-4,8-9H2. The summed E-state index contributed by atoms with van der Waals surface area (Å²) >= 11 is 7.22. The minimum Gasteiger partial charge on any atom is -0.245 e. The van der Waals surface area contributed by atoms with E-state index in [9.17, 15) is 12.8 Å². The van der Waals surface area contributed by atoms with Gasteiger partial charge < -0.3 is 0 Å². The fraction of sp³-hybridized carbons (Fsp3) is 0.400. The molecule has 0 aliphatic heterocycles. The number of hydrogen-bond donors (Lipinski definition) is 1. The van der Waals surface area contributed by atoms with Crippen LogP contribution in [0.5, 0.6) is 0 Å². The smallest absolute Gasteiger partial charge is 0.216 e. The molecular weight excluding hydrogens is 359 g/mol. The topological polar surface area (TPSA) is 59.1 Å². The van der Waals surface area contributed by atoms with Crippen molar-refractivity contribution in [3.05, 3.63) is 50.2 Å². The number of sulfonamides is 1. The Kier molecular flexibility index (Phi) is 5.01. The summed E-state index contributed by atoms with van der Waals surface area (Å²) in [6.07, 6.45) is 4.29. The lowest BCUT2D eigenvalue weighted by Gasteiger charge is -2.07. The Balaban J connectivity index is 1.65. The first-order chi connectivity index (χ1) is 10.9. The van der Waals surface area contributed by atoms with Gasteiger partial charge in [0.2, 0.25) is 10.0 Å². The van der Waals surface area contributed by atoms with Gasteiger partial charge in [0.05, 0.1) is 18.0 Å². The Morgan fingerprint density at radius 1 is 1.30 bits per heavy atom. The van der Waals surface area contributed by atoms with Gasteiger partial charge in [-0.3, -0.25) is 0 Å². The average molecular weight is 375 g/mol. The summed E-state index contributed by atoms with van der Waals surface area (Å²) in [7, 11) is -3.64. The molecular formula is C15H16ClFN2O2S2. The van der Waals surface area contributed by atoms with Crippen molar-refractivity contribution >= 4 is 33.0 Å². The van der Waals surface area contributed by atoms with Gasteiger partial charge >= 0.3 is 0 Å². The summed E-state index contributed by atoms with van der Waals surface area (Å²) in [5, 5.41) is 1.00. The molecule has 1 N–H and O–H groups in total. The molecule has 3 rings (SSSR count). The molecule has 8 heteroatoms. The number of halogens is 2. The average Bonchev–Trinajstić information content (AvgIpc) is 2.91. The molecule has 124 valence electrons. The van der Waals surface area contributed by atoms with Crippen LogP contribution in [0, 0.1) is 5.82 Å². The van der Waals surface area contributed by atoms with E-state index in [0.29, 0.717) is 0 Å². The Morgan fingerprint density at radius 3 is 2.83 bits per heavy atom. The van der Waals surface area contributed by atoms with Crippen molar-refractivity contribution in [2.45, 2.75) is 38.0 Å². The van der Waals surface area contributed by atoms with Crippen molar-refractivity contribution in [1.82, 2.24) is 9.71 Å². The van der Waals surface area contributed by atoms with Crippen LogP contribution >= 0.6 is 22.9 Å². The second-order valence-electron chi connectivity index (χ2n) is 5.50. The van der Waals surface area contributed by atoms with E-state index in [1.807, 2.05) is 0 Å². The fourth-order valence-electron chi connectivity index (χ4n) is 2.55. The van der Waals surface area contributed by atoms with E-state index in [4.69, 9.17) is 11.6 Å². The van der Waals surface area contributed by atoms with Crippen molar-refractivity contribution < 1.29 is 12.8 Å². The summed E-state index contributed by atoms with van der Waals surface area (Å²) in [6.45, 7) is 0.148. The molecule has 1 aliphatic carbocycles. The molecule has 1 aliphatic rings. The zero-order valence-corrected chi connectivity index (χ0v) is 14.7. The number of aryl methyl sites for hydroxylation is 2. The van der Waals surface area contributed by atoms with E-state index in [1.54, 1.807) is 11.3 Å². The normalized spacial score (nSPS) is 14.7. The number of hydrogen-bond acceptors (Lipinski definition) is 4. The van der Waals surface area contributed by atoms with Crippen molar-refractivity contribution in [2.24, 2.45) is 0 Å². The van der Waals surface area contributed by atoms with Crippen molar-refractivity contribution in [3.8, 4) is 0 Å². The number of thiazole rings is 1. The molecule has 0 amide bonds. The fourth-order valence-corrected chi connectivity index (χ4v) is 5.00. The van der Waals surface area contributed by atoms with Gasteiger partial charge in [-0.05, 0) is 37.8 Å². The van der Waals surface area contributed by atoms with E-state index >= 15 is 0 Å². The zero-order valence-electron chi connectivity index (χ0n) is 12.3. The molecule has 1 aromatic heterocycles. The second-order valence-corrected chi connectivity index (χ2v) is 8.91. The highest BCUT2D eigenvalue weighted by molar-refractivity contribution is 7.88. The molecule has 4 nitrogen and oxygen atoms in total. The first-order valence-electron chi connectivity index (χ1n) is 7.32. The summed E-state index contributed by atoms with van der Waals surface area (Å²) in [4.78, 5) is 5.75. The van der Waals surface area contributed by atoms with Crippen LogP contribution in [0.15, 0.2) is 18.2 Å². The Bertz CT molecular complexity index is 797. The summed E-state index contributed by atoms with van der Waals surface area (Å²) in [5.74, 6) is -1.03. The third kappa shape index (κ3) is 4.29. The number of aromatic nitrogens is 1. The molecule has 1 heterocycles. The maximum atomic E-state index is 13.7. The zero-order chi connectivity index (χ0) is 16.4. The van der Waals surface area contributed by atoms with Gasteiger partial charge in [-0.2, -0.15) is 0 Å². The first kappa shape index (κ1) is 16.8. The van der Waals surface area contributed by atoms with Crippen LogP contribution in [-0.2, 0) is 35.2 Å². The second kappa shape index (κ2) is 6.84. The minimum absolute atomic E-state index is 0.0975. The first-order valence-corrected chi connectivity index (χ1v) is 10.2. The van der Waals surface area contributed by atoms with Gasteiger partial charge in [0.15, 0.2) is 0 Å². The third-order valence-corrected chi connectivity index (χ3v) is 6.36. The Morgan fingerprint density at radius 2 is 2.09 bits per heavy atom. The largest absolute Gasteiger partial charge is 0.245 e. The van der Waals surface area contributed by atoms with Gasteiger partial charge in [0, 0.05) is 15.5 Å². The van der Waals surface area contributed by atoms with Crippen molar-refractivity contribution in [3.63, 3.8) is 0 Å². The molecule has 23 heavy (non-hydrogen) atoms. The predicted molar refractivity (Wildman–Crippen MR) is 89.6 cm³/mol. The van der Waals surface area contributed by atoms with Crippen LogP contribution in [0.3, 0.4) is 0 Å². The summed E-state index contributed by atoms with van der Waals surface area (Å²) < 4.78 is 40.4. The quantitative estimate of drug-likeness (QED) is 0.872. The summed E-state index contributed by atoms with van der Waals surface area (Å²) in [6, 6.07) is 3.98. The Hall–Kier alpha value is -1.02. The third-order valence-electron chi connectivity index (χ3n) is 3.69. The molecule has 2 aromatic rings. The lowest BCUT2D eigenvalue weighted by Crippen LogP contribution is -2.25. The van der Waals surface area contributed by atoms with Gasteiger partial charge in [-0.1, -0.05) is 17.7 Å². The van der Waals surface area contributed by atoms with Gasteiger partial charge in [0.25, 0.3) is 0 Å². The van der Waals surface area contributed by atoms with Gasteiger partial charge in [-0.15, -0.1) is 11.3 Å². The number of benzene rings is 1. The summed E-state index contributed by atoms with van der Waals surface area (Å²) in [5.41, 5.74) is 1.19. The highest BCUT2D eigenvalue weighted by atomic mass is 35.5. The Labute approximate surface area is 143 Å². The monoisotopic (exact) mass is 374 g/mol. The van der Waals surface area contributed by atoms with E-state index in [2.05, 4.69) is 9.71 Å². The van der Waals surface area contributed by atoms with Gasteiger partial charge in [-0.25, -0.2) is 22.5 Å². The molecule has 0 fully saturated rings. The number of nitrogens with one attached hydrogen (secondary N) is 1. The number of nitrogens with zero attached hydrogens (tertiary/aromatic N) is 1. The molecule has 0 unspecified atom stereocenters. The van der Waals surface area contributed by atoms with E-state index in [-0.39, 0.29) is 17.1 Å². The molecule has 0 spiro atoms. The maximum Gasteiger partial charge on any atom is 0.216 e. The molecule has 0 bridgehead atoms. The van der Waals surface area contributed by atoms with Crippen molar-refractivity contribution in [2.75, 3.05) is 0 Å². The highest BCUT2D eigenvalue weighted by Crippen LogP contribution is 2.26. The minimum atomic E-state index is -3.64. The lowest BCUT2D eigenvalue weighted by molar-refractivity contribution is 0.574. The lowest BCUT2D eigenvalue weighted by atomic mass is 10.0. The maximum absolute atomic E-state index is 13.7. The number of fused-ring (bicyclic) bond motifs is 1. The van der Waals surface area contributed by atoms with E-state index < -0.39 is 21.6 Å². The van der Waals surface area contributed by atoms with Crippen LogP contribution in [0.25, 0.3) is 0 Å². The highest BCUT2D eigenvalue weighted by Gasteiger charge is 2.18. The van der Waals surface area contributed by atoms with Crippen LogP contribution in [0.1, 0.15) is 34.0 Å². The van der Waals surface area contributed by atoms with Crippen LogP contribution < -0.4 is 4.72 Å². The van der Waals surface area contributed by atoms with Crippen LogP contribution in [0.2, 0.25) is 5.02 Å². The SMILES string of the molecule is O=S(=O)(Cc1ccc(Cl)cc1F)NCc1nc2c(s1)CCCC2. The molecule has 0 saturated heterocycles. The molecule has 0 radical (unpaired) electrons.